The number of nitrogens with one attached hydrogen (secondary N) is 2. The highest BCUT2D eigenvalue weighted by molar-refractivity contribution is 5.92. The third kappa shape index (κ3) is 8.33. The predicted molar refractivity (Wildman–Crippen MR) is 152 cm³/mol. The Morgan fingerprint density at radius 3 is 2.13 bits per heavy atom. The number of benzene rings is 2. The quantitative estimate of drug-likeness (QED) is 0.410. The predicted octanol–water partition coefficient (Wildman–Crippen LogP) is 5.84. The topological polar surface area (TPSA) is 87.7 Å². The number of carbonyl (C=O) groups is 3. The van der Waals surface area contributed by atoms with E-state index in [2.05, 4.69) is 10.6 Å². The molecule has 0 fully saturated rings. The van der Waals surface area contributed by atoms with Crippen LogP contribution in [0.1, 0.15) is 83.2 Å². The van der Waals surface area contributed by atoms with Gasteiger partial charge in [0, 0.05) is 12.6 Å². The summed E-state index contributed by atoms with van der Waals surface area (Å²) in [6.45, 7) is 17.3. The summed E-state index contributed by atoms with van der Waals surface area (Å²) in [5.74, 6) is -0.770. The average molecular weight is 524 g/mol. The van der Waals surface area contributed by atoms with E-state index in [9.17, 15) is 14.4 Å². The van der Waals surface area contributed by atoms with E-state index in [1.54, 1.807) is 25.7 Å². The molecule has 3 unspecified atom stereocenters. The first kappa shape index (κ1) is 30.9. The van der Waals surface area contributed by atoms with Crippen molar-refractivity contribution < 1.29 is 19.1 Å². The fourth-order valence-electron chi connectivity index (χ4n) is 4.33. The van der Waals surface area contributed by atoms with Gasteiger partial charge >= 0.3 is 6.09 Å². The normalized spacial score (nSPS) is 13.8. The van der Waals surface area contributed by atoms with Crippen LogP contribution in [0.15, 0.2) is 48.5 Å². The fourth-order valence-corrected chi connectivity index (χ4v) is 4.33. The second-order valence-electron chi connectivity index (χ2n) is 11.2. The minimum Gasteiger partial charge on any atom is -0.444 e. The van der Waals surface area contributed by atoms with Crippen molar-refractivity contribution in [3.05, 3.63) is 70.8 Å². The number of aryl methyl sites for hydroxylation is 1. The molecule has 0 saturated heterocycles. The zero-order valence-corrected chi connectivity index (χ0v) is 24.4. The third-order valence-corrected chi connectivity index (χ3v) is 6.74. The minimum absolute atomic E-state index is 0.178. The van der Waals surface area contributed by atoms with Gasteiger partial charge in [-0.05, 0) is 76.6 Å². The first-order chi connectivity index (χ1) is 17.8. The van der Waals surface area contributed by atoms with Crippen molar-refractivity contribution in [2.45, 2.75) is 99.0 Å². The summed E-state index contributed by atoms with van der Waals surface area (Å²) < 4.78 is 5.47. The van der Waals surface area contributed by atoms with Gasteiger partial charge in [0.25, 0.3) is 0 Å². The molecule has 7 nitrogen and oxygen atoms in total. The van der Waals surface area contributed by atoms with Gasteiger partial charge in [0.1, 0.15) is 17.7 Å². The molecule has 0 heterocycles. The fraction of sp³-hybridized carbons (Fsp3) is 0.516. The van der Waals surface area contributed by atoms with E-state index in [1.165, 1.54) is 0 Å². The lowest BCUT2D eigenvalue weighted by molar-refractivity contribution is -0.145. The first-order valence-corrected chi connectivity index (χ1v) is 13.5. The molecule has 7 heteroatoms. The molecule has 0 aliphatic rings. The van der Waals surface area contributed by atoms with Crippen molar-refractivity contribution in [3.63, 3.8) is 0 Å². The maximum Gasteiger partial charge on any atom is 0.408 e. The van der Waals surface area contributed by atoms with Gasteiger partial charge in [-0.3, -0.25) is 9.59 Å². The lowest BCUT2D eigenvalue weighted by Gasteiger charge is -2.39. The molecule has 2 aromatic carbocycles. The SMILES string of the molecule is CCC(C)C(NC(=O)OC(C)(C)C)C(=O)N(C(C)C)C(C(=O)NCc1ccccc1)c1cccc(C)c1C. The maximum atomic E-state index is 14.3. The maximum absolute atomic E-state index is 14.3. The van der Waals surface area contributed by atoms with Gasteiger partial charge in [0.2, 0.25) is 11.8 Å². The van der Waals surface area contributed by atoms with Gasteiger partial charge in [-0.15, -0.1) is 0 Å². The number of amides is 3. The van der Waals surface area contributed by atoms with Crippen molar-refractivity contribution >= 4 is 17.9 Å². The van der Waals surface area contributed by atoms with Crippen LogP contribution in [0.5, 0.6) is 0 Å². The molecule has 0 radical (unpaired) electrons. The average Bonchev–Trinajstić information content (AvgIpc) is 2.84. The van der Waals surface area contributed by atoms with Gasteiger partial charge < -0.3 is 20.3 Å². The highest BCUT2D eigenvalue weighted by atomic mass is 16.6. The van der Waals surface area contributed by atoms with Gasteiger partial charge in [-0.2, -0.15) is 0 Å². The largest absolute Gasteiger partial charge is 0.444 e. The Kier molecular flexibility index (Phi) is 10.9. The second-order valence-corrected chi connectivity index (χ2v) is 11.2. The summed E-state index contributed by atoms with van der Waals surface area (Å²) in [7, 11) is 0. The number of carbonyl (C=O) groups excluding carboxylic acids is 3. The van der Waals surface area contributed by atoms with Crippen LogP contribution < -0.4 is 10.6 Å². The molecule has 0 saturated carbocycles. The van der Waals surface area contributed by atoms with Gasteiger partial charge in [0.05, 0.1) is 0 Å². The number of alkyl carbamates (subject to hydrolysis) is 1. The van der Waals surface area contributed by atoms with Crippen molar-refractivity contribution in [3.8, 4) is 0 Å². The van der Waals surface area contributed by atoms with Crippen LogP contribution in [0.4, 0.5) is 4.79 Å². The number of ether oxygens (including phenoxy) is 1. The van der Waals surface area contributed by atoms with E-state index < -0.39 is 23.8 Å². The summed E-state index contributed by atoms with van der Waals surface area (Å²) in [5.41, 5.74) is 3.00. The van der Waals surface area contributed by atoms with Crippen LogP contribution in [0.2, 0.25) is 0 Å². The summed E-state index contributed by atoms with van der Waals surface area (Å²) >= 11 is 0. The molecule has 208 valence electrons. The van der Waals surface area contributed by atoms with Crippen molar-refractivity contribution in [1.82, 2.24) is 15.5 Å². The van der Waals surface area contributed by atoms with Crippen molar-refractivity contribution in [2.75, 3.05) is 0 Å². The Labute approximate surface area is 228 Å². The van der Waals surface area contributed by atoms with E-state index in [4.69, 9.17) is 4.74 Å². The highest BCUT2D eigenvalue weighted by Crippen LogP contribution is 2.30. The highest BCUT2D eigenvalue weighted by Gasteiger charge is 2.40. The van der Waals surface area contributed by atoms with E-state index >= 15 is 0 Å². The van der Waals surface area contributed by atoms with Gasteiger partial charge in [-0.25, -0.2) is 4.79 Å². The molecule has 0 aliphatic carbocycles. The molecule has 0 spiro atoms. The van der Waals surface area contributed by atoms with Crippen molar-refractivity contribution in [1.29, 1.82) is 0 Å². The second kappa shape index (κ2) is 13.4. The van der Waals surface area contributed by atoms with E-state index in [1.807, 2.05) is 90.1 Å². The standard InChI is InChI=1S/C31H45N3O4/c1-10-21(4)26(33-30(37)38-31(7,8)9)29(36)34(20(2)3)27(25-18-14-15-22(5)23(25)6)28(35)32-19-24-16-12-11-13-17-24/h11-18,20-21,26-27H,10,19H2,1-9H3,(H,32,35)(H,33,37). The number of hydrogen-bond donors (Lipinski definition) is 2. The molecule has 0 bridgehead atoms. The molecule has 2 N–H and O–H groups in total. The Hall–Kier alpha value is -3.35. The first-order valence-electron chi connectivity index (χ1n) is 13.5. The summed E-state index contributed by atoms with van der Waals surface area (Å²) in [5, 5.41) is 5.85. The molecular formula is C31H45N3O4. The van der Waals surface area contributed by atoms with E-state index in [0.717, 1.165) is 22.3 Å². The minimum atomic E-state index is -0.877. The van der Waals surface area contributed by atoms with Crippen LogP contribution in [-0.2, 0) is 20.9 Å². The summed E-state index contributed by atoms with van der Waals surface area (Å²) in [6, 6.07) is 13.4. The summed E-state index contributed by atoms with van der Waals surface area (Å²) in [6.07, 6.45) is 0.00335. The molecular weight excluding hydrogens is 478 g/mol. The Morgan fingerprint density at radius 2 is 1.58 bits per heavy atom. The monoisotopic (exact) mass is 523 g/mol. The molecule has 2 aromatic rings. The Morgan fingerprint density at radius 1 is 0.947 bits per heavy atom. The van der Waals surface area contributed by atoms with Crippen molar-refractivity contribution in [2.24, 2.45) is 5.92 Å². The number of hydrogen-bond acceptors (Lipinski definition) is 4. The molecule has 38 heavy (non-hydrogen) atoms. The van der Waals surface area contributed by atoms with Gasteiger partial charge in [-0.1, -0.05) is 68.8 Å². The summed E-state index contributed by atoms with van der Waals surface area (Å²) in [4.78, 5) is 42.5. The Bertz CT molecular complexity index is 1090. The van der Waals surface area contributed by atoms with Gasteiger partial charge in [0.15, 0.2) is 0 Å². The lowest BCUT2D eigenvalue weighted by Crippen LogP contribution is -2.57. The van der Waals surface area contributed by atoms with E-state index in [-0.39, 0.29) is 23.8 Å². The lowest BCUT2D eigenvalue weighted by atomic mass is 9.92. The third-order valence-electron chi connectivity index (χ3n) is 6.74. The molecule has 0 aromatic heterocycles. The smallest absolute Gasteiger partial charge is 0.408 e. The molecule has 0 aliphatic heterocycles. The van der Waals surface area contributed by atoms with Crippen LogP contribution in [0.25, 0.3) is 0 Å². The van der Waals surface area contributed by atoms with Crippen LogP contribution >= 0.6 is 0 Å². The van der Waals surface area contributed by atoms with Crippen LogP contribution in [-0.4, -0.2) is 40.5 Å². The zero-order chi connectivity index (χ0) is 28.6. The number of rotatable bonds is 10. The van der Waals surface area contributed by atoms with E-state index in [0.29, 0.717) is 13.0 Å². The Balaban J connectivity index is 2.52. The van der Waals surface area contributed by atoms with Crippen LogP contribution in [0, 0.1) is 19.8 Å². The molecule has 2 rings (SSSR count). The molecule has 3 atom stereocenters. The number of nitrogens with zero attached hydrogens (tertiary/aromatic N) is 1. The molecule has 3 amide bonds. The van der Waals surface area contributed by atoms with Crippen LogP contribution in [0.3, 0.4) is 0 Å². The zero-order valence-electron chi connectivity index (χ0n) is 24.4.